The standard InChI is InChI=1S/C60H116O17P2/c1-5-9-13-17-21-23-25-27-29-31-35-39-43-47-60(65)77-56(51-71-58(63)45-41-37-34-30-28-26-24-22-18-14-10-6-2)53-75-79(68,69)73-49-54(61)48-72-78(66,67)74-52-55(76-59(64)46-42-38-33-20-16-12-8-4)50-70-57(62)44-40-36-32-19-15-11-7-3/h54-56,61H,5-53H2,1-4H3,(H,66,67)(H,68,69)/t54-,55+,56+/m0/s1. The minimum atomic E-state index is -4.94. The van der Waals surface area contributed by atoms with Crippen molar-refractivity contribution < 1.29 is 80.2 Å². The van der Waals surface area contributed by atoms with Gasteiger partial charge in [0, 0.05) is 25.7 Å². The number of ether oxygens (including phenoxy) is 4. The van der Waals surface area contributed by atoms with Gasteiger partial charge in [0.15, 0.2) is 12.2 Å². The van der Waals surface area contributed by atoms with Gasteiger partial charge in [0.2, 0.25) is 0 Å². The van der Waals surface area contributed by atoms with E-state index < -0.39 is 97.5 Å². The first-order valence-electron chi connectivity index (χ1n) is 31.8. The van der Waals surface area contributed by atoms with Crippen molar-refractivity contribution >= 4 is 39.5 Å². The van der Waals surface area contributed by atoms with Crippen LogP contribution in [0.25, 0.3) is 0 Å². The number of carbonyl (C=O) groups excluding carboxylic acids is 4. The molecule has 0 saturated heterocycles. The molecule has 79 heavy (non-hydrogen) atoms. The second-order valence-electron chi connectivity index (χ2n) is 21.7. The number of unbranched alkanes of at least 4 members (excludes halogenated alkanes) is 35. The summed E-state index contributed by atoms with van der Waals surface area (Å²) in [5.74, 6) is -2.14. The third kappa shape index (κ3) is 55.0. The molecule has 0 saturated carbocycles. The summed E-state index contributed by atoms with van der Waals surface area (Å²) in [5, 5.41) is 10.5. The van der Waals surface area contributed by atoms with E-state index in [0.717, 1.165) is 116 Å². The van der Waals surface area contributed by atoms with Crippen LogP contribution < -0.4 is 0 Å². The molecule has 0 aliphatic heterocycles. The monoisotopic (exact) mass is 1170 g/mol. The molecule has 468 valence electrons. The van der Waals surface area contributed by atoms with Gasteiger partial charge in [-0.2, -0.15) is 0 Å². The Kier molecular flexibility index (Phi) is 53.9. The van der Waals surface area contributed by atoms with E-state index in [4.69, 9.17) is 37.0 Å². The summed E-state index contributed by atoms with van der Waals surface area (Å²) >= 11 is 0. The zero-order valence-corrected chi connectivity index (χ0v) is 52.1. The lowest BCUT2D eigenvalue weighted by Crippen LogP contribution is -2.30. The third-order valence-corrected chi connectivity index (χ3v) is 15.8. The molecule has 0 aliphatic carbocycles. The molecule has 0 fully saturated rings. The maximum Gasteiger partial charge on any atom is 0.472 e. The first kappa shape index (κ1) is 77.1. The van der Waals surface area contributed by atoms with Crippen molar-refractivity contribution in [2.75, 3.05) is 39.6 Å². The Labute approximate surface area is 479 Å². The number of aliphatic hydroxyl groups excluding tert-OH is 1. The van der Waals surface area contributed by atoms with Gasteiger partial charge in [0.1, 0.15) is 19.3 Å². The highest BCUT2D eigenvalue weighted by molar-refractivity contribution is 7.47. The highest BCUT2D eigenvalue weighted by Gasteiger charge is 2.30. The molecule has 0 aromatic carbocycles. The number of hydrogen-bond acceptors (Lipinski definition) is 15. The molecule has 0 rings (SSSR count). The van der Waals surface area contributed by atoms with Crippen LogP contribution in [-0.4, -0.2) is 96.7 Å². The lowest BCUT2D eigenvalue weighted by atomic mass is 10.0. The number of phosphoric ester groups is 2. The molecule has 5 atom stereocenters. The van der Waals surface area contributed by atoms with Gasteiger partial charge in [0.25, 0.3) is 0 Å². The van der Waals surface area contributed by atoms with Gasteiger partial charge in [-0.25, -0.2) is 9.13 Å². The molecule has 19 heteroatoms. The van der Waals surface area contributed by atoms with Crippen molar-refractivity contribution in [1.29, 1.82) is 0 Å². The Morgan fingerprint density at radius 3 is 0.747 bits per heavy atom. The van der Waals surface area contributed by atoms with Crippen molar-refractivity contribution in [1.82, 2.24) is 0 Å². The average Bonchev–Trinajstić information content (AvgIpc) is 3.42. The van der Waals surface area contributed by atoms with Crippen LogP contribution in [0.2, 0.25) is 0 Å². The first-order valence-corrected chi connectivity index (χ1v) is 34.8. The van der Waals surface area contributed by atoms with Crippen molar-refractivity contribution in [3.05, 3.63) is 0 Å². The fourth-order valence-corrected chi connectivity index (χ4v) is 10.5. The van der Waals surface area contributed by atoms with Crippen molar-refractivity contribution in [3.8, 4) is 0 Å². The smallest absolute Gasteiger partial charge is 0.462 e. The van der Waals surface area contributed by atoms with E-state index in [1.165, 1.54) is 109 Å². The molecule has 0 aliphatic rings. The van der Waals surface area contributed by atoms with E-state index in [-0.39, 0.29) is 25.7 Å². The Hall–Kier alpha value is -1.94. The van der Waals surface area contributed by atoms with Crippen molar-refractivity contribution in [3.63, 3.8) is 0 Å². The Morgan fingerprint density at radius 2 is 0.506 bits per heavy atom. The number of phosphoric acid groups is 2. The summed E-state index contributed by atoms with van der Waals surface area (Å²) in [6, 6.07) is 0. The molecule has 0 radical (unpaired) electrons. The summed E-state index contributed by atoms with van der Waals surface area (Å²) < 4.78 is 67.6. The Morgan fingerprint density at radius 1 is 0.304 bits per heavy atom. The highest BCUT2D eigenvalue weighted by Crippen LogP contribution is 2.45. The second-order valence-corrected chi connectivity index (χ2v) is 24.6. The fraction of sp³-hybridized carbons (Fsp3) is 0.933. The van der Waals surface area contributed by atoms with Crippen LogP contribution in [0.1, 0.15) is 304 Å². The van der Waals surface area contributed by atoms with Crippen LogP contribution in [0, 0.1) is 0 Å². The van der Waals surface area contributed by atoms with Crippen LogP contribution in [0.4, 0.5) is 0 Å². The number of rotatable bonds is 61. The first-order chi connectivity index (χ1) is 38.2. The van der Waals surface area contributed by atoms with E-state index >= 15 is 0 Å². The van der Waals surface area contributed by atoms with Gasteiger partial charge in [-0.1, -0.05) is 252 Å². The average molecular weight is 1170 g/mol. The SMILES string of the molecule is CCCCCCCCCCCCCCCC(=O)O[C@H](COC(=O)CCCCCCCCCCCCCC)COP(=O)(O)OC[C@@H](O)COP(=O)(O)OC[C@@H](COC(=O)CCCCCCCCC)OC(=O)CCCCCCCCC. The number of aliphatic hydroxyl groups is 1. The van der Waals surface area contributed by atoms with E-state index in [2.05, 4.69) is 27.7 Å². The summed E-state index contributed by atoms with van der Waals surface area (Å²) in [5.41, 5.74) is 0. The molecule has 0 heterocycles. The zero-order chi connectivity index (χ0) is 58.3. The second kappa shape index (κ2) is 55.3. The molecular weight excluding hydrogens is 1050 g/mol. The normalized spacial score (nSPS) is 14.3. The summed E-state index contributed by atoms with van der Waals surface area (Å²) in [6.07, 6.45) is 39.1. The topological polar surface area (TPSA) is 237 Å². The quantitative estimate of drug-likeness (QED) is 0.0222. The van der Waals surface area contributed by atoms with Crippen molar-refractivity contribution in [2.24, 2.45) is 0 Å². The number of esters is 4. The minimum Gasteiger partial charge on any atom is -0.462 e. The van der Waals surface area contributed by atoms with E-state index in [9.17, 15) is 43.2 Å². The molecular formula is C60H116O17P2. The molecule has 3 N–H and O–H groups in total. The predicted molar refractivity (Wildman–Crippen MR) is 312 cm³/mol. The van der Waals surface area contributed by atoms with Gasteiger partial charge in [-0.3, -0.25) is 37.3 Å². The largest absolute Gasteiger partial charge is 0.472 e. The van der Waals surface area contributed by atoms with E-state index in [0.29, 0.717) is 25.7 Å². The van der Waals surface area contributed by atoms with Crippen molar-refractivity contribution in [2.45, 2.75) is 322 Å². The summed E-state index contributed by atoms with van der Waals surface area (Å²) in [6.45, 7) is 4.79. The van der Waals surface area contributed by atoms with Crippen LogP contribution in [-0.2, 0) is 65.4 Å². The summed E-state index contributed by atoms with van der Waals surface area (Å²) in [4.78, 5) is 71.8. The van der Waals surface area contributed by atoms with Gasteiger partial charge in [-0.15, -0.1) is 0 Å². The van der Waals surface area contributed by atoms with Crippen LogP contribution >= 0.6 is 15.6 Å². The molecule has 0 aromatic heterocycles. The maximum atomic E-state index is 12.9. The van der Waals surface area contributed by atoms with Crippen LogP contribution in [0.15, 0.2) is 0 Å². The third-order valence-electron chi connectivity index (χ3n) is 13.9. The van der Waals surface area contributed by atoms with E-state index in [1.807, 2.05) is 0 Å². The Balaban J connectivity index is 5.18. The molecule has 0 spiro atoms. The highest BCUT2D eigenvalue weighted by atomic mass is 31.2. The van der Waals surface area contributed by atoms with Gasteiger partial charge in [0.05, 0.1) is 26.4 Å². The van der Waals surface area contributed by atoms with Gasteiger partial charge < -0.3 is 33.8 Å². The van der Waals surface area contributed by atoms with E-state index in [1.54, 1.807) is 0 Å². The molecule has 17 nitrogen and oxygen atoms in total. The maximum absolute atomic E-state index is 12.9. The van der Waals surface area contributed by atoms with Gasteiger partial charge >= 0.3 is 39.5 Å². The molecule has 2 unspecified atom stereocenters. The van der Waals surface area contributed by atoms with Crippen LogP contribution in [0.5, 0.6) is 0 Å². The zero-order valence-electron chi connectivity index (χ0n) is 50.3. The summed E-state index contributed by atoms with van der Waals surface area (Å²) in [7, 11) is -9.87. The minimum absolute atomic E-state index is 0.104. The lowest BCUT2D eigenvalue weighted by molar-refractivity contribution is -0.161. The molecule has 0 aromatic rings. The molecule has 0 amide bonds. The lowest BCUT2D eigenvalue weighted by Gasteiger charge is -2.21. The predicted octanol–water partition coefficient (Wildman–Crippen LogP) is 16.4. The number of carbonyl (C=O) groups is 4. The number of hydrogen-bond donors (Lipinski definition) is 3. The Bertz CT molecular complexity index is 1540. The fourth-order valence-electron chi connectivity index (χ4n) is 8.93. The van der Waals surface area contributed by atoms with Gasteiger partial charge in [-0.05, 0) is 25.7 Å². The van der Waals surface area contributed by atoms with Crippen LogP contribution in [0.3, 0.4) is 0 Å². The molecule has 0 bridgehead atoms.